The third-order valence-electron chi connectivity index (χ3n) is 3.09. The van der Waals surface area contributed by atoms with Gasteiger partial charge in [-0.3, -0.25) is 14.3 Å². The molecule has 0 amide bonds. The third-order valence-corrected chi connectivity index (χ3v) is 3.82. The van der Waals surface area contributed by atoms with Gasteiger partial charge in [0.1, 0.15) is 0 Å². The Labute approximate surface area is 139 Å². The van der Waals surface area contributed by atoms with E-state index in [-0.39, 0.29) is 0 Å². The van der Waals surface area contributed by atoms with Crippen molar-refractivity contribution in [2.75, 3.05) is 0 Å². The van der Waals surface area contributed by atoms with Gasteiger partial charge in [0.05, 0.1) is 6.54 Å². The highest BCUT2D eigenvalue weighted by molar-refractivity contribution is 9.10. The Balaban J connectivity index is 2.64. The van der Waals surface area contributed by atoms with E-state index in [1.54, 1.807) is 30.7 Å². The van der Waals surface area contributed by atoms with Gasteiger partial charge in [-0.15, -0.1) is 0 Å². The molecule has 2 heterocycles. The average Bonchev–Trinajstić information content (AvgIpc) is 2.78. The minimum atomic E-state index is -0.505. The number of nitrogens with zero attached hydrogens (tertiary/aromatic N) is 3. The van der Waals surface area contributed by atoms with E-state index in [1.807, 2.05) is 6.08 Å². The number of allylic oxidation sites excluding steroid dienone is 5. The van der Waals surface area contributed by atoms with Crippen LogP contribution in [0.5, 0.6) is 0 Å². The zero-order valence-electron chi connectivity index (χ0n) is 12.1. The fourth-order valence-electron chi connectivity index (χ4n) is 1.94. The Bertz CT molecular complexity index is 913. The molecule has 2 rings (SSSR count). The number of imidazole rings is 1. The second-order valence-corrected chi connectivity index (χ2v) is 5.96. The van der Waals surface area contributed by atoms with E-state index in [0.717, 1.165) is 5.57 Å². The van der Waals surface area contributed by atoms with Gasteiger partial charge in [-0.05, 0) is 34.5 Å². The van der Waals surface area contributed by atoms with Gasteiger partial charge in [-0.25, -0.2) is 9.78 Å². The van der Waals surface area contributed by atoms with Crippen LogP contribution in [0.2, 0.25) is 0 Å². The Kier molecular flexibility index (Phi) is 4.87. The molecule has 0 saturated carbocycles. The van der Waals surface area contributed by atoms with Gasteiger partial charge in [0.2, 0.25) is 0 Å². The van der Waals surface area contributed by atoms with Crippen molar-refractivity contribution < 1.29 is 0 Å². The number of aromatic nitrogens is 4. The maximum atomic E-state index is 12.1. The summed E-state index contributed by atoms with van der Waals surface area (Å²) in [6.45, 7) is 5.88. The van der Waals surface area contributed by atoms with Crippen LogP contribution in [0.15, 0.2) is 49.7 Å². The second-order valence-electron chi connectivity index (χ2n) is 4.66. The molecule has 0 saturated heterocycles. The zero-order valence-corrected chi connectivity index (χ0v) is 14.4. The van der Waals surface area contributed by atoms with Gasteiger partial charge in [0.15, 0.2) is 15.9 Å². The summed E-state index contributed by atoms with van der Waals surface area (Å²) >= 11 is 9.13. The van der Waals surface area contributed by atoms with E-state index in [0.29, 0.717) is 27.5 Å². The van der Waals surface area contributed by atoms with Crippen molar-refractivity contribution >= 4 is 38.7 Å². The molecule has 116 valence electrons. The molecule has 2 aromatic rings. The van der Waals surface area contributed by atoms with Crippen molar-refractivity contribution in [3.63, 3.8) is 0 Å². The number of aryl methyl sites for hydroxylation is 1. The fourth-order valence-corrected chi connectivity index (χ4v) is 2.48. The predicted octanol–water partition coefficient (Wildman–Crippen LogP) is 2.44. The van der Waals surface area contributed by atoms with Crippen LogP contribution in [0, 0.1) is 0 Å². The van der Waals surface area contributed by atoms with Crippen molar-refractivity contribution in [3.05, 3.63) is 61.0 Å². The molecule has 1 N–H and O–H groups in total. The fraction of sp³-hybridized carbons (Fsp3) is 0.214. The Hall–Kier alpha value is -1.86. The normalized spacial score (nSPS) is 12.9. The Morgan fingerprint density at radius 1 is 1.45 bits per heavy atom. The predicted molar refractivity (Wildman–Crippen MR) is 91.2 cm³/mol. The molecular formula is C14H14BrClN4O2. The van der Waals surface area contributed by atoms with Gasteiger partial charge in [0, 0.05) is 12.1 Å². The molecule has 0 atom stereocenters. The molecule has 0 aromatic carbocycles. The lowest BCUT2D eigenvalue weighted by Gasteiger charge is -2.06. The summed E-state index contributed by atoms with van der Waals surface area (Å²) in [6.07, 6.45) is 5.22. The van der Waals surface area contributed by atoms with Gasteiger partial charge in [-0.2, -0.15) is 0 Å². The van der Waals surface area contributed by atoms with Crippen molar-refractivity contribution in [2.24, 2.45) is 7.05 Å². The first kappa shape index (κ1) is 16.5. The molecule has 0 fully saturated rings. The van der Waals surface area contributed by atoms with Crippen molar-refractivity contribution in [1.82, 2.24) is 19.1 Å². The van der Waals surface area contributed by atoms with Crippen LogP contribution in [0.3, 0.4) is 0 Å². The number of hydrogen-bond donors (Lipinski definition) is 1. The molecule has 0 radical (unpaired) electrons. The molecule has 0 spiro atoms. The summed E-state index contributed by atoms with van der Waals surface area (Å²) in [7, 11) is 1.55. The SMILES string of the molecule is C=C/C(=C\C=C(/C)Cl)Cn1c(Br)nc2c1c(=O)[nH]c(=O)n2C. The first-order valence-corrected chi connectivity index (χ1v) is 7.52. The average molecular weight is 386 g/mol. The second kappa shape index (κ2) is 6.50. The monoisotopic (exact) mass is 384 g/mol. The van der Waals surface area contributed by atoms with E-state index in [2.05, 4.69) is 32.5 Å². The highest BCUT2D eigenvalue weighted by atomic mass is 79.9. The van der Waals surface area contributed by atoms with Gasteiger partial charge >= 0.3 is 5.69 Å². The number of nitrogens with one attached hydrogen (secondary N) is 1. The molecule has 0 unspecified atom stereocenters. The van der Waals surface area contributed by atoms with E-state index >= 15 is 0 Å². The summed E-state index contributed by atoms with van der Waals surface area (Å²) in [5.41, 5.74) is 0.480. The summed E-state index contributed by atoms with van der Waals surface area (Å²) in [4.78, 5) is 30.2. The molecule has 0 aliphatic rings. The number of halogens is 2. The summed E-state index contributed by atoms with van der Waals surface area (Å²) in [5.74, 6) is 0. The number of rotatable bonds is 4. The quantitative estimate of drug-likeness (QED) is 0.649. The molecule has 0 aliphatic heterocycles. The van der Waals surface area contributed by atoms with Crippen LogP contribution in [0.1, 0.15) is 6.92 Å². The highest BCUT2D eigenvalue weighted by Gasteiger charge is 2.15. The van der Waals surface area contributed by atoms with Crippen LogP contribution in [-0.4, -0.2) is 19.1 Å². The van der Waals surface area contributed by atoms with Crippen molar-refractivity contribution in [3.8, 4) is 0 Å². The van der Waals surface area contributed by atoms with Gasteiger partial charge in [-0.1, -0.05) is 30.3 Å². The summed E-state index contributed by atoms with van der Waals surface area (Å²) in [5, 5.41) is 0.633. The molecule has 0 aliphatic carbocycles. The van der Waals surface area contributed by atoms with Gasteiger partial charge in [0.25, 0.3) is 5.56 Å². The van der Waals surface area contributed by atoms with Crippen molar-refractivity contribution in [1.29, 1.82) is 0 Å². The standard InChI is InChI=1S/C14H14BrClN4O2/c1-4-9(6-5-8(2)16)7-20-10-11(17-13(20)15)19(3)14(22)18-12(10)21/h4-6H,1,7H2,2-3H3,(H,18,21,22)/b8-5+,9-6+. The molecule has 0 bridgehead atoms. The smallest absolute Gasteiger partial charge is 0.308 e. The lowest BCUT2D eigenvalue weighted by atomic mass is 10.2. The minimum Gasteiger partial charge on any atom is -0.308 e. The molecule has 22 heavy (non-hydrogen) atoms. The maximum Gasteiger partial charge on any atom is 0.329 e. The lowest BCUT2D eigenvalue weighted by Crippen LogP contribution is -2.29. The van der Waals surface area contributed by atoms with Gasteiger partial charge < -0.3 is 4.57 Å². The zero-order chi connectivity index (χ0) is 16.4. The number of H-pyrrole nitrogens is 1. The largest absolute Gasteiger partial charge is 0.329 e. The topological polar surface area (TPSA) is 72.7 Å². The number of aromatic amines is 1. The maximum absolute atomic E-state index is 12.1. The number of fused-ring (bicyclic) bond motifs is 1. The lowest BCUT2D eigenvalue weighted by molar-refractivity contribution is 0.791. The Morgan fingerprint density at radius 3 is 2.73 bits per heavy atom. The summed E-state index contributed by atoms with van der Waals surface area (Å²) < 4.78 is 3.41. The first-order chi connectivity index (χ1) is 10.3. The molecule has 2 aromatic heterocycles. The molecular weight excluding hydrogens is 372 g/mol. The number of hydrogen-bond acceptors (Lipinski definition) is 3. The summed E-state index contributed by atoms with van der Waals surface area (Å²) in [6, 6.07) is 0. The van der Waals surface area contributed by atoms with Crippen LogP contribution < -0.4 is 11.2 Å². The highest BCUT2D eigenvalue weighted by Crippen LogP contribution is 2.18. The molecule has 6 nitrogen and oxygen atoms in total. The third kappa shape index (κ3) is 3.15. The minimum absolute atomic E-state index is 0.313. The van der Waals surface area contributed by atoms with Crippen LogP contribution in [0.25, 0.3) is 11.2 Å². The van der Waals surface area contributed by atoms with Crippen molar-refractivity contribution in [2.45, 2.75) is 13.5 Å². The van der Waals surface area contributed by atoms with E-state index in [1.165, 1.54) is 4.57 Å². The first-order valence-electron chi connectivity index (χ1n) is 6.35. The van der Waals surface area contributed by atoms with Crippen LogP contribution in [-0.2, 0) is 13.6 Å². The van der Waals surface area contributed by atoms with E-state index in [9.17, 15) is 9.59 Å². The molecule has 8 heteroatoms. The van der Waals surface area contributed by atoms with Crippen LogP contribution >= 0.6 is 27.5 Å². The van der Waals surface area contributed by atoms with E-state index in [4.69, 9.17) is 11.6 Å². The Morgan fingerprint density at radius 2 is 2.14 bits per heavy atom. The van der Waals surface area contributed by atoms with E-state index < -0.39 is 11.2 Å². The van der Waals surface area contributed by atoms with Crippen LogP contribution in [0.4, 0.5) is 0 Å².